The van der Waals surface area contributed by atoms with E-state index in [1.165, 1.54) is 19.2 Å². The van der Waals surface area contributed by atoms with Crippen molar-refractivity contribution in [1.82, 2.24) is 15.0 Å². The van der Waals surface area contributed by atoms with Gasteiger partial charge in [-0.15, -0.1) is 4.98 Å². The summed E-state index contributed by atoms with van der Waals surface area (Å²) in [7, 11) is 1.39. The van der Waals surface area contributed by atoms with E-state index in [-0.39, 0.29) is 23.0 Å². The number of aromatic nitrogens is 3. The highest BCUT2D eigenvalue weighted by atomic mass is 35.5. The van der Waals surface area contributed by atoms with Crippen molar-refractivity contribution in [3.8, 4) is 17.8 Å². The van der Waals surface area contributed by atoms with Gasteiger partial charge in [-0.2, -0.15) is 9.97 Å². The highest BCUT2D eigenvalue weighted by molar-refractivity contribution is 6.28. The van der Waals surface area contributed by atoms with Crippen LogP contribution in [0.1, 0.15) is 11.1 Å². The van der Waals surface area contributed by atoms with E-state index in [2.05, 4.69) is 15.0 Å². The monoisotopic (exact) mass is 310 g/mol. The SMILES string of the molecule is COc1nc(Cl)nc(Oc2cc(C)c([N+](=O)[O-])cc2C)n1. The molecule has 21 heavy (non-hydrogen) atoms. The minimum Gasteiger partial charge on any atom is -0.467 e. The summed E-state index contributed by atoms with van der Waals surface area (Å²) < 4.78 is 10.4. The summed E-state index contributed by atoms with van der Waals surface area (Å²) >= 11 is 5.72. The van der Waals surface area contributed by atoms with Gasteiger partial charge >= 0.3 is 12.0 Å². The first-order valence-electron chi connectivity index (χ1n) is 5.79. The van der Waals surface area contributed by atoms with Crippen LogP contribution in [0, 0.1) is 24.0 Å². The second kappa shape index (κ2) is 5.88. The first kappa shape index (κ1) is 14.9. The van der Waals surface area contributed by atoms with Gasteiger partial charge in [-0.05, 0) is 37.1 Å². The Morgan fingerprint density at radius 3 is 2.43 bits per heavy atom. The van der Waals surface area contributed by atoms with Crippen molar-refractivity contribution < 1.29 is 14.4 Å². The lowest BCUT2D eigenvalue weighted by Crippen LogP contribution is -2.00. The van der Waals surface area contributed by atoms with Crippen LogP contribution in [0.4, 0.5) is 5.69 Å². The molecule has 0 aliphatic carbocycles. The van der Waals surface area contributed by atoms with Gasteiger partial charge < -0.3 is 9.47 Å². The Balaban J connectivity index is 2.38. The zero-order valence-electron chi connectivity index (χ0n) is 11.5. The third-order valence-electron chi connectivity index (χ3n) is 2.64. The van der Waals surface area contributed by atoms with Crippen molar-refractivity contribution in [3.63, 3.8) is 0 Å². The number of nitro benzene ring substituents is 1. The number of aryl methyl sites for hydroxylation is 2. The number of methoxy groups -OCH3 is 1. The molecule has 0 saturated carbocycles. The van der Waals surface area contributed by atoms with Crippen LogP contribution in [0.25, 0.3) is 0 Å². The molecular formula is C12H11ClN4O4. The van der Waals surface area contributed by atoms with Crippen molar-refractivity contribution in [2.75, 3.05) is 7.11 Å². The Hall–Kier alpha value is -2.48. The van der Waals surface area contributed by atoms with Crippen molar-refractivity contribution >= 4 is 17.3 Å². The van der Waals surface area contributed by atoms with Gasteiger partial charge in [-0.25, -0.2) is 0 Å². The molecular weight excluding hydrogens is 300 g/mol. The molecule has 110 valence electrons. The maximum absolute atomic E-state index is 10.9. The van der Waals surface area contributed by atoms with Gasteiger partial charge in [-0.3, -0.25) is 10.1 Å². The zero-order chi connectivity index (χ0) is 15.6. The molecule has 0 unspecified atom stereocenters. The molecule has 2 aromatic rings. The van der Waals surface area contributed by atoms with Crippen LogP contribution >= 0.6 is 11.6 Å². The van der Waals surface area contributed by atoms with Crippen molar-refractivity contribution in [1.29, 1.82) is 0 Å². The predicted octanol–water partition coefficient (Wildman–Crippen LogP) is 2.85. The van der Waals surface area contributed by atoms with Gasteiger partial charge in [0.05, 0.1) is 12.0 Å². The van der Waals surface area contributed by atoms with E-state index in [1.54, 1.807) is 13.8 Å². The molecule has 0 spiro atoms. The van der Waals surface area contributed by atoms with E-state index in [9.17, 15) is 10.1 Å². The van der Waals surface area contributed by atoms with Gasteiger partial charge in [0.15, 0.2) is 0 Å². The minimum atomic E-state index is -0.449. The number of nitrogens with zero attached hydrogens (tertiary/aromatic N) is 4. The van der Waals surface area contributed by atoms with Gasteiger partial charge in [0.1, 0.15) is 5.75 Å². The molecule has 0 atom stereocenters. The van der Waals surface area contributed by atoms with E-state index in [0.29, 0.717) is 16.9 Å². The van der Waals surface area contributed by atoms with Crippen LogP contribution in [-0.4, -0.2) is 27.0 Å². The Kier molecular flexibility index (Phi) is 4.18. The third-order valence-corrected chi connectivity index (χ3v) is 2.81. The topological polar surface area (TPSA) is 100 Å². The maximum Gasteiger partial charge on any atom is 0.329 e. The summed E-state index contributed by atoms with van der Waals surface area (Å²) in [5.41, 5.74) is 1.06. The Bertz CT molecular complexity index is 708. The second-order valence-electron chi connectivity index (χ2n) is 4.14. The normalized spacial score (nSPS) is 10.3. The van der Waals surface area contributed by atoms with E-state index in [0.717, 1.165) is 0 Å². The molecule has 8 nitrogen and oxygen atoms in total. The van der Waals surface area contributed by atoms with E-state index in [1.807, 2.05) is 0 Å². The number of ether oxygens (including phenoxy) is 2. The number of nitro groups is 1. The molecule has 0 bridgehead atoms. The molecule has 0 fully saturated rings. The second-order valence-corrected chi connectivity index (χ2v) is 4.48. The Labute approximate surface area is 124 Å². The number of halogens is 1. The van der Waals surface area contributed by atoms with Crippen LogP contribution in [0.2, 0.25) is 5.28 Å². The molecule has 1 aromatic carbocycles. The molecule has 1 heterocycles. The standard InChI is InChI=1S/C12H11ClN4O4/c1-6-5-9(7(2)4-8(6)17(18)19)21-12-15-10(13)14-11(16-12)20-3/h4-5H,1-3H3. The summed E-state index contributed by atoms with van der Waals surface area (Å²) in [6, 6.07) is 2.92. The van der Waals surface area contributed by atoms with Crippen LogP contribution in [0.5, 0.6) is 17.8 Å². The first-order chi connectivity index (χ1) is 9.90. The lowest BCUT2D eigenvalue weighted by Gasteiger charge is -2.09. The number of benzene rings is 1. The van der Waals surface area contributed by atoms with Crippen molar-refractivity contribution in [3.05, 3.63) is 38.7 Å². The van der Waals surface area contributed by atoms with Gasteiger partial charge in [-0.1, -0.05) is 0 Å². The summed E-state index contributed by atoms with van der Waals surface area (Å²) in [5, 5.41) is 10.8. The number of rotatable bonds is 4. The lowest BCUT2D eigenvalue weighted by molar-refractivity contribution is -0.385. The van der Waals surface area contributed by atoms with E-state index >= 15 is 0 Å². The molecule has 2 rings (SSSR count). The largest absolute Gasteiger partial charge is 0.467 e. The average molecular weight is 311 g/mol. The smallest absolute Gasteiger partial charge is 0.329 e. The molecule has 9 heteroatoms. The summed E-state index contributed by atoms with van der Waals surface area (Å²) in [4.78, 5) is 21.8. The summed E-state index contributed by atoms with van der Waals surface area (Å²) in [5.74, 6) is 0.391. The van der Waals surface area contributed by atoms with E-state index < -0.39 is 4.92 Å². The zero-order valence-corrected chi connectivity index (χ0v) is 12.2. The van der Waals surface area contributed by atoms with Crippen LogP contribution in [0.15, 0.2) is 12.1 Å². The Morgan fingerprint density at radius 2 is 1.81 bits per heavy atom. The highest BCUT2D eigenvalue weighted by Crippen LogP contribution is 2.30. The van der Waals surface area contributed by atoms with Gasteiger partial charge in [0.2, 0.25) is 5.28 Å². The lowest BCUT2D eigenvalue weighted by atomic mass is 10.1. The first-order valence-corrected chi connectivity index (χ1v) is 6.17. The van der Waals surface area contributed by atoms with Gasteiger partial charge in [0.25, 0.3) is 5.69 Å². The fraction of sp³-hybridized carbons (Fsp3) is 0.250. The van der Waals surface area contributed by atoms with Crippen LogP contribution in [0.3, 0.4) is 0 Å². The maximum atomic E-state index is 10.9. The number of hydrogen-bond acceptors (Lipinski definition) is 7. The van der Waals surface area contributed by atoms with Gasteiger partial charge in [0, 0.05) is 11.6 Å². The van der Waals surface area contributed by atoms with E-state index in [4.69, 9.17) is 21.1 Å². The Morgan fingerprint density at radius 1 is 1.14 bits per heavy atom. The average Bonchev–Trinajstić information content (AvgIpc) is 2.41. The highest BCUT2D eigenvalue weighted by Gasteiger charge is 2.16. The quantitative estimate of drug-likeness (QED) is 0.632. The molecule has 0 amide bonds. The third kappa shape index (κ3) is 3.34. The predicted molar refractivity (Wildman–Crippen MR) is 74.0 cm³/mol. The molecule has 1 aromatic heterocycles. The minimum absolute atomic E-state index is 0.0151. The summed E-state index contributed by atoms with van der Waals surface area (Å²) in [6.45, 7) is 3.30. The fourth-order valence-electron chi connectivity index (χ4n) is 1.63. The van der Waals surface area contributed by atoms with Crippen LogP contribution in [-0.2, 0) is 0 Å². The molecule has 0 radical (unpaired) electrons. The molecule has 0 aliphatic heterocycles. The molecule has 0 N–H and O–H groups in total. The molecule has 0 saturated heterocycles. The molecule has 0 aliphatic rings. The van der Waals surface area contributed by atoms with Crippen molar-refractivity contribution in [2.45, 2.75) is 13.8 Å². The fourth-order valence-corrected chi connectivity index (χ4v) is 1.78. The van der Waals surface area contributed by atoms with Crippen LogP contribution < -0.4 is 9.47 Å². The summed E-state index contributed by atoms with van der Waals surface area (Å²) in [6.07, 6.45) is 0. The number of hydrogen-bond donors (Lipinski definition) is 0. The van der Waals surface area contributed by atoms with Crippen molar-refractivity contribution in [2.24, 2.45) is 0 Å².